The maximum atomic E-state index is 11.7. The fourth-order valence-electron chi connectivity index (χ4n) is 2.08. The molecule has 0 aromatic heterocycles. The Labute approximate surface area is 116 Å². The lowest BCUT2D eigenvalue weighted by atomic mass is 10.1. The minimum Gasteiger partial charge on any atom is -0.496 e. The van der Waals surface area contributed by atoms with Gasteiger partial charge in [0.1, 0.15) is 5.75 Å². The van der Waals surface area contributed by atoms with Crippen molar-refractivity contribution in [1.29, 1.82) is 0 Å². The molecule has 0 radical (unpaired) electrons. The number of Topliss-reactive ketones (excluding diaryl/α,β-unsaturated/α-hetero) is 1. The van der Waals surface area contributed by atoms with Crippen LogP contribution in [0.5, 0.6) is 5.75 Å². The summed E-state index contributed by atoms with van der Waals surface area (Å²) >= 11 is 0. The molecular formula is C14H16N2O4. The van der Waals surface area contributed by atoms with Crippen LogP contribution >= 0.6 is 0 Å². The number of methoxy groups -OCH3 is 1. The first kappa shape index (κ1) is 14.0. The second-order valence-corrected chi connectivity index (χ2v) is 4.61. The summed E-state index contributed by atoms with van der Waals surface area (Å²) in [5.74, 6) is 0.294. The second kappa shape index (κ2) is 5.73. The van der Waals surface area contributed by atoms with E-state index in [1.807, 2.05) is 0 Å². The number of amides is 3. The second-order valence-electron chi connectivity index (χ2n) is 4.61. The average Bonchev–Trinajstić information content (AvgIpc) is 2.41. The van der Waals surface area contributed by atoms with Gasteiger partial charge in [0.25, 0.3) is 0 Å². The number of hydrogen-bond donors (Lipinski definition) is 1. The molecule has 0 unspecified atom stereocenters. The number of hydrogen-bond acceptors (Lipinski definition) is 4. The minimum absolute atomic E-state index is 0.0489. The van der Waals surface area contributed by atoms with Gasteiger partial charge in [-0.3, -0.25) is 14.9 Å². The number of ether oxygens (including phenoxy) is 1. The van der Waals surface area contributed by atoms with E-state index in [1.165, 1.54) is 18.9 Å². The number of carbonyl (C=O) groups excluding carboxylic acids is 3. The number of rotatable bonds is 4. The summed E-state index contributed by atoms with van der Waals surface area (Å²) in [6.45, 7) is 2.14. The highest BCUT2D eigenvalue weighted by Gasteiger charge is 2.24. The molecule has 1 aliphatic heterocycles. The predicted molar refractivity (Wildman–Crippen MR) is 71.6 cm³/mol. The molecule has 2 rings (SSSR count). The molecule has 1 saturated heterocycles. The SMILES string of the molecule is COc1ccc(C(C)=O)cc1CN1CCC(=O)NC1=O. The molecule has 1 aromatic carbocycles. The third kappa shape index (κ3) is 2.96. The van der Waals surface area contributed by atoms with Gasteiger partial charge in [-0.05, 0) is 25.1 Å². The third-order valence-electron chi connectivity index (χ3n) is 3.19. The van der Waals surface area contributed by atoms with Crippen molar-refractivity contribution in [2.24, 2.45) is 0 Å². The van der Waals surface area contributed by atoms with E-state index in [4.69, 9.17) is 4.74 Å². The van der Waals surface area contributed by atoms with Crippen LogP contribution in [0.25, 0.3) is 0 Å². The van der Waals surface area contributed by atoms with Crippen LogP contribution in [-0.4, -0.2) is 36.3 Å². The molecule has 1 aliphatic rings. The van der Waals surface area contributed by atoms with Gasteiger partial charge in [-0.2, -0.15) is 0 Å². The smallest absolute Gasteiger partial charge is 0.324 e. The highest BCUT2D eigenvalue weighted by molar-refractivity contribution is 5.97. The Morgan fingerprint density at radius 1 is 1.40 bits per heavy atom. The van der Waals surface area contributed by atoms with E-state index in [1.54, 1.807) is 18.2 Å². The summed E-state index contributed by atoms with van der Waals surface area (Å²) in [6, 6.07) is 4.69. The number of nitrogens with zero attached hydrogens (tertiary/aromatic N) is 1. The van der Waals surface area contributed by atoms with E-state index in [9.17, 15) is 14.4 Å². The van der Waals surface area contributed by atoms with Gasteiger partial charge in [0.2, 0.25) is 5.91 Å². The Balaban J connectivity index is 2.23. The lowest BCUT2D eigenvalue weighted by Gasteiger charge is -2.27. The molecule has 6 nitrogen and oxygen atoms in total. The van der Waals surface area contributed by atoms with Crippen LogP contribution in [-0.2, 0) is 11.3 Å². The van der Waals surface area contributed by atoms with Crippen molar-refractivity contribution in [3.8, 4) is 5.75 Å². The van der Waals surface area contributed by atoms with Gasteiger partial charge >= 0.3 is 6.03 Å². The van der Waals surface area contributed by atoms with Crippen molar-refractivity contribution in [2.75, 3.05) is 13.7 Å². The van der Waals surface area contributed by atoms with E-state index in [2.05, 4.69) is 5.32 Å². The zero-order chi connectivity index (χ0) is 14.7. The Bertz CT molecular complexity index is 568. The van der Waals surface area contributed by atoms with Gasteiger partial charge in [0, 0.05) is 24.1 Å². The Hall–Kier alpha value is -2.37. The summed E-state index contributed by atoms with van der Waals surface area (Å²) in [6.07, 6.45) is 0.278. The summed E-state index contributed by atoms with van der Waals surface area (Å²) < 4.78 is 5.24. The van der Waals surface area contributed by atoms with Crippen molar-refractivity contribution in [2.45, 2.75) is 19.9 Å². The molecule has 20 heavy (non-hydrogen) atoms. The van der Waals surface area contributed by atoms with E-state index in [0.29, 0.717) is 24.4 Å². The van der Waals surface area contributed by atoms with Crippen molar-refractivity contribution in [3.63, 3.8) is 0 Å². The topological polar surface area (TPSA) is 75.7 Å². The summed E-state index contributed by atoms with van der Waals surface area (Å²) in [5, 5.41) is 2.26. The largest absolute Gasteiger partial charge is 0.496 e. The van der Waals surface area contributed by atoms with Crippen LogP contribution in [0.1, 0.15) is 29.3 Å². The maximum absolute atomic E-state index is 11.7. The molecule has 1 heterocycles. The van der Waals surface area contributed by atoms with Crippen LogP contribution in [0, 0.1) is 0 Å². The highest BCUT2D eigenvalue weighted by atomic mass is 16.5. The van der Waals surface area contributed by atoms with Gasteiger partial charge in [0.15, 0.2) is 5.78 Å². The van der Waals surface area contributed by atoms with Crippen LogP contribution < -0.4 is 10.1 Å². The van der Waals surface area contributed by atoms with Crippen molar-refractivity contribution < 1.29 is 19.1 Å². The third-order valence-corrected chi connectivity index (χ3v) is 3.19. The molecule has 0 aliphatic carbocycles. The number of imide groups is 1. The molecule has 0 saturated carbocycles. The molecule has 1 N–H and O–H groups in total. The molecule has 0 atom stereocenters. The van der Waals surface area contributed by atoms with E-state index in [0.717, 1.165) is 5.56 Å². The van der Waals surface area contributed by atoms with Crippen molar-refractivity contribution in [1.82, 2.24) is 10.2 Å². The lowest BCUT2D eigenvalue weighted by Crippen LogP contribution is -2.48. The number of nitrogens with one attached hydrogen (secondary N) is 1. The first-order valence-corrected chi connectivity index (χ1v) is 6.28. The Morgan fingerprint density at radius 3 is 2.75 bits per heavy atom. The predicted octanol–water partition coefficient (Wildman–Crippen LogP) is 1.34. The average molecular weight is 276 g/mol. The first-order chi connectivity index (χ1) is 9.51. The fourth-order valence-corrected chi connectivity index (χ4v) is 2.08. The molecular weight excluding hydrogens is 260 g/mol. The zero-order valence-corrected chi connectivity index (χ0v) is 11.4. The maximum Gasteiger partial charge on any atom is 0.324 e. The zero-order valence-electron chi connectivity index (χ0n) is 11.4. The quantitative estimate of drug-likeness (QED) is 0.842. The van der Waals surface area contributed by atoms with E-state index >= 15 is 0 Å². The number of ketones is 1. The highest BCUT2D eigenvalue weighted by Crippen LogP contribution is 2.22. The van der Waals surface area contributed by atoms with Crippen LogP contribution in [0.3, 0.4) is 0 Å². The normalized spacial score (nSPS) is 15.0. The van der Waals surface area contributed by atoms with Gasteiger partial charge in [-0.25, -0.2) is 4.79 Å². The first-order valence-electron chi connectivity index (χ1n) is 6.28. The van der Waals surface area contributed by atoms with Crippen LogP contribution in [0.2, 0.25) is 0 Å². The molecule has 106 valence electrons. The van der Waals surface area contributed by atoms with E-state index < -0.39 is 6.03 Å². The molecule has 0 spiro atoms. The summed E-state index contributed by atoms with van der Waals surface area (Å²) in [7, 11) is 1.53. The number of urea groups is 1. The van der Waals surface area contributed by atoms with Gasteiger partial charge < -0.3 is 9.64 Å². The number of carbonyl (C=O) groups is 3. The van der Waals surface area contributed by atoms with Crippen LogP contribution in [0.15, 0.2) is 18.2 Å². The van der Waals surface area contributed by atoms with Crippen LogP contribution in [0.4, 0.5) is 4.79 Å². The van der Waals surface area contributed by atoms with Gasteiger partial charge in [0.05, 0.1) is 13.7 Å². The molecule has 1 fully saturated rings. The molecule has 0 bridgehead atoms. The van der Waals surface area contributed by atoms with E-state index in [-0.39, 0.29) is 18.1 Å². The fraction of sp³-hybridized carbons (Fsp3) is 0.357. The van der Waals surface area contributed by atoms with Gasteiger partial charge in [-0.1, -0.05) is 0 Å². The lowest BCUT2D eigenvalue weighted by molar-refractivity contribution is -0.121. The Kier molecular flexibility index (Phi) is 4.02. The van der Waals surface area contributed by atoms with Crippen molar-refractivity contribution in [3.05, 3.63) is 29.3 Å². The van der Waals surface area contributed by atoms with Crippen molar-refractivity contribution >= 4 is 17.7 Å². The molecule has 3 amide bonds. The molecule has 6 heteroatoms. The Morgan fingerprint density at radius 2 is 2.15 bits per heavy atom. The summed E-state index contributed by atoms with van der Waals surface area (Å²) in [4.78, 5) is 35.8. The number of benzene rings is 1. The standard InChI is InChI=1S/C14H16N2O4/c1-9(17)10-3-4-12(20-2)11(7-10)8-16-6-5-13(18)15-14(16)19/h3-4,7H,5-6,8H2,1-2H3,(H,15,18,19). The van der Waals surface area contributed by atoms with Gasteiger partial charge in [-0.15, -0.1) is 0 Å². The summed E-state index contributed by atoms with van der Waals surface area (Å²) in [5.41, 5.74) is 1.30. The molecule has 1 aromatic rings. The minimum atomic E-state index is -0.420. The monoisotopic (exact) mass is 276 g/mol.